The van der Waals surface area contributed by atoms with Gasteiger partial charge in [0.1, 0.15) is 5.82 Å². The Bertz CT molecular complexity index is 467. The van der Waals surface area contributed by atoms with Crippen molar-refractivity contribution in [3.05, 3.63) is 29.6 Å². The number of hydrogen-bond acceptors (Lipinski definition) is 2. The molecule has 1 saturated carbocycles. The van der Waals surface area contributed by atoms with E-state index in [2.05, 4.69) is 5.32 Å². The molecule has 0 spiro atoms. The van der Waals surface area contributed by atoms with Crippen LogP contribution in [0.3, 0.4) is 0 Å². The van der Waals surface area contributed by atoms with E-state index in [1.54, 1.807) is 19.1 Å². The van der Waals surface area contributed by atoms with E-state index in [1.165, 1.54) is 6.07 Å². The van der Waals surface area contributed by atoms with Gasteiger partial charge >= 0.3 is 0 Å². The molecule has 3 N–H and O–H groups in total. The van der Waals surface area contributed by atoms with Crippen LogP contribution in [0.25, 0.3) is 0 Å². The van der Waals surface area contributed by atoms with E-state index in [4.69, 9.17) is 5.73 Å². The predicted octanol–water partition coefficient (Wildman–Crippen LogP) is 3.40. The third-order valence-electron chi connectivity index (χ3n) is 3.87. The minimum absolute atomic E-state index is 0. The highest BCUT2D eigenvalue weighted by Crippen LogP contribution is 2.26. The van der Waals surface area contributed by atoms with Crippen LogP contribution in [0.5, 0.6) is 0 Å². The third kappa shape index (κ3) is 4.46. The number of amides is 1. The molecule has 1 fully saturated rings. The number of halogens is 2. The topological polar surface area (TPSA) is 55.1 Å². The summed E-state index contributed by atoms with van der Waals surface area (Å²) in [5.41, 5.74) is 7.11. The van der Waals surface area contributed by atoms with E-state index in [0.717, 1.165) is 25.7 Å². The normalized spacial score (nSPS) is 21.9. The number of anilines is 1. The van der Waals surface area contributed by atoms with Crippen LogP contribution in [0.15, 0.2) is 18.2 Å². The van der Waals surface area contributed by atoms with E-state index in [0.29, 0.717) is 17.7 Å². The van der Waals surface area contributed by atoms with Crippen LogP contribution in [-0.4, -0.2) is 11.9 Å². The van der Waals surface area contributed by atoms with Gasteiger partial charge in [0.2, 0.25) is 5.91 Å². The van der Waals surface area contributed by atoms with Crippen LogP contribution in [0, 0.1) is 18.7 Å². The molecule has 1 aromatic rings. The second kappa shape index (κ2) is 7.60. The lowest BCUT2D eigenvalue weighted by molar-refractivity contribution is -0.117. The van der Waals surface area contributed by atoms with Gasteiger partial charge in [-0.2, -0.15) is 0 Å². The monoisotopic (exact) mass is 300 g/mol. The minimum atomic E-state index is -0.299. The molecular formula is C15H22ClFN2O. The van der Waals surface area contributed by atoms with Gasteiger partial charge in [-0.15, -0.1) is 12.4 Å². The summed E-state index contributed by atoms with van der Waals surface area (Å²) in [4.78, 5) is 11.9. The number of aryl methyl sites for hydroxylation is 1. The van der Waals surface area contributed by atoms with Crippen LogP contribution in [0.4, 0.5) is 10.1 Å². The molecule has 2 rings (SSSR count). The molecule has 2 atom stereocenters. The predicted molar refractivity (Wildman–Crippen MR) is 81.6 cm³/mol. The van der Waals surface area contributed by atoms with Gasteiger partial charge in [-0.05, 0) is 43.4 Å². The number of carbonyl (C=O) groups excluding carboxylic acids is 1. The Hall–Kier alpha value is -1.13. The van der Waals surface area contributed by atoms with Gasteiger partial charge in [0.15, 0.2) is 0 Å². The van der Waals surface area contributed by atoms with Crippen molar-refractivity contribution >= 4 is 24.0 Å². The summed E-state index contributed by atoms with van der Waals surface area (Å²) in [7, 11) is 0. The Morgan fingerprint density at radius 3 is 2.75 bits per heavy atom. The maximum Gasteiger partial charge on any atom is 0.224 e. The number of carbonyl (C=O) groups is 1. The van der Waals surface area contributed by atoms with E-state index in [-0.39, 0.29) is 36.1 Å². The van der Waals surface area contributed by atoms with E-state index in [1.807, 2.05) is 0 Å². The number of hydrogen-bond donors (Lipinski definition) is 2. The molecule has 3 nitrogen and oxygen atoms in total. The second-order valence-corrected chi connectivity index (χ2v) is 5.42. The van der Waals surface area contributed by atoms with Gasteiger partial charge in [-0.25, -0.2) is 4.39 Å². The molecule has 112 valence electrons. The Labute approximate surface area is 125 Å². The first-order chi connectivity index (χ1) is 9.06. The fourth-order valence-corrected chi connectivity index (χ4v) is 2.61. The van der Waals surface area contributed by atoms with Crippen LogP contribution in [0.1, 0.15) is 37.7 Å². The van der Waals surface area contributed by atoms with Crippen LogP contribution in [0.2, 0.25) is 0 Å². The number of nitrogens with two attached hydrogens (primary N) is 1. The average Bonchev–Trinajstić information content (AvgIpc) is 2.37. The average molecular weight is 301 g/mol. The lowest BCUT2D eigenvalue weighted by Gasteiger charge is -2.27. The minimum Gasteiger partial charge on any atom is -0.327 e. The van der Waals surface area contributed by atoms with Crippen molar-refractivity contribution in [2.75, 3.05) is 5.32 Å². The summed E-state index contributed by atoms with van der Waals surface area (Å²) in [5.74, 6) is -0.123. The van der Waals surface area contributed by atoms with Crippen molar-refractivity contribution in [2.24, 2.45) is 11.7 Å². The summed E-state index contributed by atoms with van der Waals surface area (Å²) in [6.45, 7) is 1.70. The van der Waals surface area contributed by atoms with Crippen LogP contribution < -0.4 is 11.1 Å². The third-order valence-corrected chi connectivity index (χ3v) is 3.87. The molecule has 0 bridgehead atoms. The van der Waals surface area contributed by atoms with Crippen molar-refractivity contribution in [3.63, 3.8) is 0 Å². The molecule has 1 aromatic carbocycles. The Balaban J connectivity index is 0.00000200. The number of benzene rings is 1. The fraction of sp³-hybridized carbons (Fsp3) is 0.533. The maximum absolute atomic E-state index is 13.4. The van der Waals surface area contributed by atoms with E-state index < -0.39 is 0 Å². The Morgan fingerprint density at radius 2 is 2.10 bits per heavy atom. The zero-order valence-corrected chi connectivity index (χ0v) is 12.5. The second-order valence-electron chi connectivity index (χ2n) is 5.42. The molecule has 0 aliphatic heterocycles. The molecule has 0 aromatic heterocycles. The molecule has 5 heteroatoms. The zero-order chi connectivity index (χ0) is 13.8. The lowest BCUT2D eigenvalue weighted by Crippen LogP contribution is -2.35. The highest BCUT2D eigenvalue weighted by Gasteiger charge is 2.24. The van der Waals surface area contributed by atoms with Crippen LogP contribution >= 0.6 is 12.4 Å². The van der Waals surface area contributed by atoms with Crippen LogP contribution in [-0.2, 0) is 4.79 Å². The summed E-state index contributed by atoms with van der Waals surface area (Å²) >= 11 is 0. The molecule has 0 radical (unpaired) electrons. The standard InChI is InChI=1S/C15H21FN2O.ClH/c1-10-6-7-12(9-13(10)16)18-15(19)8-11-4-2-3-5-14(11)17;/h6-7,9,11,14H,2-5,8,17H2,1H3,(H,18,19);1H. The first-order valence-electron chi connectivity index (χ1n) is 6.88. The molecule has 0 saturated heterocycles. The van der Waals surface area contributed by atoms with Crippen molar-refractivity contribution in [3.8, 4) is 0 Å². The SMILES string of the molecule is Cc1ccc(NC(=O)CC2CCCCC2N)cc1F.Cl. The quantitative estimate of drug-likeness (QED) is 0.899. The molecule has 2 unspecified atom stereocenters. The first kappa shape index (κ1) is 16.9. The van der Waals surface area contributed by atoms with Crippen molar-refractivity contribution in [1.29, 1.82) is 0 Å². The highest BCUT2D eigenvalue weighted by atomic mass is 35.5. The molecule has 1 amide bonds. The van der Waals surface area contributed by atoms with Gasteiger partial charge in [-0.1, -0.05) is 18.9 Å². The van der Waals surface area contributed by atoms with E-state index in [9.17, 15) is 9.18 Å². The number of nitrogens with one attached hydrogen (secondary N) is 1. The summed E-state index contributed by atoms with van der Waals surface area (Å²) < 4.78 is 13.4. The van der Waals surface area contributed by atoms with Gasteiger partial charge in [0.25, 0.3) is 0 Å². The van der Waals surface area contributed by atoms with Gasteiger partial charge in [0, 0.05) is 18.2 Å². The van der Waals surface area contributed by atoms with Gasteiger partial charge < -0.3 is 11.1 Å². The Morgan fingerprint density at radius 1 is 1.40 bits per heavy atom. The molecular weight excluding hydrogens is 279 g/mol. The highest BCUT2D eigenvalue weighted by molar-refractivity contribution is 5.90. The van der Waals surface area contributed by atoms with Crippen molar-refractivity contribution < 1.29 is 9.18 Å². The fourth-order valence-electron chi connectivity index (χ4n) is 2.61. The lowest BCUT2D eigenvalue weighted by atomic mass is 9.83. The van der Waals surface area contributed by atoms with Crippen molar-refractivity contribution in [1.82, 2.24) is 0 Å². The van der Waals surface area contributed by atoms with Gasteiger partial charge in [0.05, 0.1) is 0 Å². The number of rotatable bonds is 3. The zero-order valence-electron chi connectivity index (χ0n) is 11.7. The van der Waals surface area contributed by atoms with Gasteiger partial charge in [-0.3, -0.25) is 4.79 Å². The molecule has 20 heavy (non-hydrogen) atoms. The first-order valence-corrected chi connectivity index (χ1v) is 6.88. The van der Waals surface area contributed by atoms with Crippen molar-refractivity contribution in [2.45, 2.75) is 45.1 Å². The molecule has 1 aliphatic carbocycles. The van der Waals surface area contributed by atoms with E-state index >= 15 is 0 Å². The molecule has 0 heterocycles. The smallest absolute Gasteiger partial charge is 0.224 e. The summed E-state index contributed by atoms with van der Waals surface area (Å²) in [5, 5.41) is 2.74. The maximum atomic E-state index is 13.4. The summed E-state index contributed by atoms with van der Waals surface area (Å²) in [6.07, 6.45) is 4.73. The Kier molecular flexibility index (Phi) is 6.43. The molecule has 1 aliphatic rings. The summed E-state index contributed by atoms with van der Waals surface area (Å²) in [6, 6.07) is 4.86. The largest absolute Gasteiger partial charge is 0.327 e.